The van der Waals surface area contributed by atoms with Crippen LogP contribution < -0.4 is 15.4 Å². The third-order valence-electron chi connectivity index (χ3n) is 4.11. The molecule has 3 aromatic carbocycles. The molecule has 146 valence electrons. The van der Waals surface area contributed by atoms with Gasteiger partial charge in [-0.25, -0.2) is 4.79 Å². The highest BCUT2D eigenvalue weighted by Gasteiger charge is 2.16. The zero-order chi connectivity index (χ0) is 20.8. The first kappa shape index (κ1) is 19.6. The predicted molar refractivity (Wildman–Crippen MR) is 109 cm³/mol. The molecule has 29 heavy (non-hydrogen) atoms. The molecular weight excluding hydrogens is 372 g/mol. The van der Waals surface area contributed by atoms with Crippen molar-refractivity contribution in [2.75, 3.05) is 17.7 Å². The van der Waals surface area contributed by atoms with Gasteiger partial charge in [-0.1, -0.05) is 24.3 Å². The second kappa shape index (κ2) is 8.71. The number of amides is 2. The topological polar surface area (TPSA) is 105 Å². The first-order valence-electron chi connectivity index (χ1n) is 8.67. The second-order valence-corrected chi connectivity index (χ2v) is 6.07. The van der Waals surface area contributed by atoms with Crippen molar-refractivity contribution in [1.82, 2.24) is 0 Å². The lowest BCUT2D eigenvalue weighted by atomic mass is 10.1. The van der Waals surface area contributed by atoms with Crippen LogP contribution in [-0.2, 0) is 0 Å². The van der Waals surface area contributed by atoms with Crippen LogP contribution in [0.4, 0.5) is 11.4 Å². The smallest absolute Gasteiger partial charge is 0.336 e. The van der Waals surface area contributed by atoms with Gasteiger partial charge in [0.25, 0.3) is 11.8 Å². The summed E-state index contributed by atoms with van der Waals surface area (Å²) in [5.41, 5.74) is 1.20. The van der Waals surface area contributed by atoms with Crippen molar-refractivity contribution in [2.24, 2.45) is 0 Å². The Labute approximate surface area is 166 Å². The Morgan fingerprint density at radius 2 is 1.38 bits per heavy atom. The molecule has 0 saturated heterocycles. The van der Waals surface area contributed by atoms with Crippen molar-refractivity contribution >= 4 is 29.2 Å². The summed E-state index contributed by atoms with van der Waals surface area (Å²) in [5.74, 6) is -1.52. The van der Waals surface area contributed by atoms with E-state index in [0.717, 1.165) is 0 Å². The Morgan fingerprint density at radius 3 is 2.07 bits per heavy atom. The van der Waals surface area contributed by atoms with E-state index < -0.39 is 11.9 Å². The Balaban J connectivity index is 1.76. The molecule has 3 rings (SSSR count). The van der Waals surface area contributed by atoms with Gasteiger partial charge >= 0.3 is 5.97 Å². The molecule has 0 aliphatic heterocycles. The van der Waals surface area contributed by atoms with Crippen LogP contribution in [0.3, 0.4) is 0 Å². The molecule has 0 unspecified atom stereocenters. The first-order chi connectivity index (χ1) is 14.0. The largest absolute Gasteiger partial charge is 0.497 e. The van der Waals surface area contributed by atoms with E-state index >= 15 is 0 Å². The molecular formula is C22H18N2O5. The van der Waals surface area contributed by atoms with Crippen LogP contribution in [0.2, 0.25) is 0 Å². The van der Waals surface area contributed by atoms with Crippen LogP contribution in [-0.4, -0.2) is 30.0 Å². The van der Waals surface area contributed by atoms with Crippen molar-refractivity contribution in [1.29, 1.82) is 0 Å². The number of aromatic carboxylic acids is 1. The lowest BCUT2D eigenvalue weighted by Crippen LogP contribution is -2.17. The van der Waals surface area contributed by atoms with Gasteiger partial charge in [0, 0.05) is 23.0 Å². The molecule has 0 saturated carbocycles. The summed E-state index contributed by atoms with van der Waals surface area (Å²) in [6.07, 6.45) is 0. The van der Waals surface area contributed by atoms with Gasteiger partial charge < -0.3 is 20.5 Å². The zero-order valence-electron chi connectivity index (χ0n) is 15.5. The van der Waals surface area contributed by atoms with Crippen LogP contribution in [0.15, 0.2) is 72.8 Å². The fraction of sp³-hybridized carbons (Fsp3) is 0.0455. The van der Waals surface area contributed by atoms with E-state index in [-0.39, 0.29) is 17.0 Å². The highest BCUT2D eigenvalue weighted by atomic mass is 16.5. The minimum atomic E-state index is -1.19. The number of benzene rings is 3. The standard InChI is InChI=1S/C22H18N2O5/c1-29-17-9-5-8-16(13-17)23-20(25)14-6-4-7-15(12-14)24-21(26)18-10-2-3-11-19(18)22(27)28/h2-13H,1H3,(H,23,25)(H,24,26)(H,27,28). The number of hydrogen-bond acceptors (Lipinski definition) is 4. The number of carboxylic acids is 1. The highest BCUT2D eigenvalue weighted by Crippen LogP contribution is 2.19. The van der Waals surface area contributed by atoms with Crippen LogP contribution in [0.5, 0.6) is 5.75 Å². The number of ether oxygens (including phenoxy) is 1. The molecule has 0 aliphatic carbocycles. The number of rotatable bonds is 6. The fourth-order valence-electron chi connectivity index (χ4n) is 2.71. The van der Waals surface area contributed by atoms with E-state index in [4.69, 9.17) is 4.74 Å². The average molecular weight is 390 g/mol. The molecule has 3 N–H and O–H groups in total. The summed E-state index contributed by atoms with van der Waals surface area (Å²) < 4.78 is 5.13. The van der Waals surface area contributed by atoms with Crippen LogP contribution in [0, 0.1) is 0 Å². The van der Waals surface area contributed by atoms with Gasteiger partial charge in [0.15, 0.2) is 0 Å². The highest BCUT2D eigenvalue weighted by molar-refractivity contribution is 6.11. The molecule has 0 aliphatic rings. The fourth-order valence-corrected chi connectivity index (χ4v) is 2.71. The molecule has 3 aromatic rings. The van der Waals surface area contributed by atoms with E-state index in [9.17, 15) is 19.5 Å². The van der Waals surface area contributed by atoms with Gasteiger partial charge in [-0.05, 0) is 42.5 Å². The second-order valence-electron chi connectivity index (χ2n) is 6.07. The van der Waals surface area contributed by atoms with Gasteiger partial charge in [-0.2, -0.15) is 0 Å². The molecule has 7 nitrogen and oxygen atoms in total. The molecule has 0 fully saturated rings. The maximum absolute atomic E-state index is 12.5. The number of carbonyl (C=O) groups excluding carboxylic acids is 2. The van der Waals surface area contributed by atoms with Crippen LogP contribution >= 0.6 is 0 Å². The zero-order valence-corrected chi connectivity index (χ0v) is 15.5. The van der Waals surface area contributed by atoms with Gasteiger partial charge in [0.2, 0.25) is 0 Å². The third-order valence-corrected chi connectivity index (χ3v) is 4.11. The lowest BCUT2D eigenvalue weighted by Gasteiger charge is -2.10. The maximum Gasteiger partial charge on any atom is 0.336 e. The SMILES string of the molecule is COc1cccc(NC(=O)c2cccc(NC(=O)c3ccccc3C(=O)O)c2)c1. The summed E-state index contributed by atoms with van der Waals surface area (Å²) >= 11 is 0. The van der Waals surface area contributed by atoms with Gasteiger partial charge in [0.1, 0.15) is 5.75 Å². The van der Waals surface area contributed by atoms with Gasteiger partial charge in [0.05, 0.1) is 18.2 Å². The summed E-state index contributed by atoms with van der Waals surface area (Å²) in [6, 6.07) is 19.2. The predicted octanol–water partition coefficient (Wildman–Crippen LogP) is 3.90. The summed E-state index contributed by atoms with van der Waals surface area (Å²) in [4.78, 5) is 36.3. The Bertz CT molecular complexity index is 1080. The van der Waals surface area contributed by atoms with E-state index in [1.165, 1.54) is 25.3 Å². The van der Waals surface area contributed by atoms with Gasteiger partial charge in [-0.3, -0.25) is 9.59 Å². The number of hydrogen-bond donors (Lipinski definition) is 3. The number of methoxy groups -OCH3 is 1. The third kappa shape index (κ3) is 4.78. The normalized spacial score (nSPS) is 10.1. The first-order valence-corrected chi connectivity index (χ1v) is 8.67. The van der Waals surface area contributed by atoms with Crippen molar-refractivity contribution in [3.05, 3.63) is 89.5 Å². The summed E-state index contributed by atoms with van der Waals surface area (Å²) in [7, 11) is 1.54. The van der Waals surface area contributed by atoms with Crippen LogP contribution in [0.25, 0.3) is 0 Å². The summed E-state index contributed by atoms with van der Waals surface area (Å²) in [5, 5.41) is 14.6. The molecule has 0 bridgehead atoms. The monoisotopic (exact) mass is 390 g/mol. The van der Waals surface area contributed by atoms with Gasteiger partial charge in [-0.15, -0.1) is 0 Å². The Hall–Kier alpha value is -4.13. The molecule has 0 heterocycles. The average Bonchev–Trinajstić information content (AvgIpc) is 2.74. The maximum atomic E-state index is 12.5. The Kier molecular flexibility index (Phi) is 5.89. The lowest BCUT2D eigenvalue weighted by molar-refractivity contribution is 0.0692. The quantitative estimate of drug-likeness (QED) is 0.592. The minimum absolute atomic E-state index is 0.0336. The Morgan fingerprint density at radius 1 is 0.759 bits per heavy atom. The molecule has 2 amide bonds. The minimum Gasteiger partial charge on any atom is -0.497 e. The van der Waals surface area contributed by atoms with E-state index in [0.29, 0.717) is 22.7 Å². The molecule has 0 aromatic heterocycles. The van der Waals surface area contributed by atoms with Crippen LogP contribution in [0.1, 0.15) is 31.1 Å². The van der Waals surface area contributed by atoms with E-state index in [1.807, 2.05) is 0 Å². The van der Waals surface area contributed by atoms with E-state index in [2.05, 4.69) is 10.6 Å². The molecule has 0 atom stereocenters. The molecule has 0 spiro atoms. The molecule has 7 heteroatoms. The van der Waals surface area contributed by atoms with Crippen molar-refractivity contribution in [2.45, 2.75) is 0 Å². The number of carbonyl (C=O) groups is 3. The molecule has 0 radical (unpaired) electrons. The number of nitrogens with one attached hydrogen (secondary N) is 2. The van der Waals surface area contributed by atoms with Crippen molar-refractivity contribution in [3.8, 4) is 5.75 Å². The van der Waals surface area contributed by atoms with E-state index in [1.54, 1.807) is 54.6 Å². The van der Waals surface area contributed by atoms with Crippen molar-refractivity contribution in [3.63, 3.8) is 0 Å². The number of anilines is 2. The number of carboxylic acid groups (broad SMARTS) is 1. The summed E-state index contributed by atoms with van der Waals surface area (Å²) in [6.45, 7) is 0. The van der Waals surface area contributed by atoms with Crippen molar-refractivity contribution < 1.29 is 24.2 Å².